The molecule has 1 unspecified atom stereocenters. The quantitative estimate of drug-likeness (QED) is 0.799. The Bertz CT molecular complexity index is 622. The number of carbonyl (C=O) groups is 1. The molecule has 2 rings (SSSR count). The molecule has 4 nitrogen and oxygen atoms in total. The largest absolute Gasteiger partial charge is 0.478 e. The van der Waals surface area contributed by atoms with E-state index < -0.39 is 24.5 Å². The van der Waals surface area contributed by atoms with E-state index >= 15 is 0 Å². The Hall–Kier alpha value is -2.24. The molecule has 3 N–H and O–H groups in total. The van der Waals surface area contributed by atoms with Gasteiger partial charge in [-0.3, -0.25) is 0 Å². The highest BCUT2D eigenvalue weighted by molar-refractivity contribution is 5.87. The minimum absolute atomic E-state index is 0.0316. The second-order valence-electron chi connectivity index (χ2n) is 4.33. The summed E-state index contributed by atoms with van der Waals surface area (Å²) in [5, 5.41) is 28.4. The molecule has 0 amide bonds. The molecule has 0 radical (unpaired) electrons. The number of halogens is 1. The number of aliphatic hydroxyl groups excluding tert-OH is 2. The number of aromatic carboxylic acids is 1. The fourth-order valence-corrected chi connectivity index (χ4v) is 1.97. The van der Waals surface area contributed by atoms with Crippen LogP contribution in [0.4, 0.5) is 4.39 Å². The molecule has 104 valence electrons. The Morgan fingerprint density at radius 2 is 1.80 bits per heavy atom. The second-order valence-corrected chi connectivity index (χ2v) is 4.33. The van der Waals surface area contributed by atoms with Gasteiger partial charge in [-0.2, -0.15) is 0 Å². The molecule has 2 aromatic rings. The molecule has 1 atom stereocenters. The zero-order valence-electron chi connectivity index (χ0n) is 10.5. The molecule has 0 fully saturated rings. The molecule has 0 aromatic heterocycles. The molecular formula is C15H13FO4. The Morgan fingerprint density at radius 1 is 1.15 bits per heavy atom. The summed E-state index contributed by atoms with van der Waals surface area (Å²) < 4.78 is 12.9. The van der Waals surface area contributed by atoms with E-state index in [1.807, 2.05) is 0 Å². The maximum Gasteiger partial charge on any atom is 0.335 e. The molecule has 0 saturated carbocycles. The van der Waals surface area contributed by atoms with E-state index in [1.54, 1.807) is 0 Å². The van der Waals surface area contributed by atoms with Crippen molar-refractivity contribution < 1.29 is 24.5 Å². The van der Waals surface area contributed by atoms with Crippen LogP contribution in [0.15, 0.2) is 42.5 Å². The number of carboxylic acid groups (broad SMARTS) is 1. The van der Waals surface area contributed by atoms with Gasteiger partial charge in [0, 0.05) is 0 Å². The lowest BCUT2D eigenvalue weighted by Crippen LogP contribution is -2.06. The molecule has 2 aromatic carbocycles. The topological polar surface area (TPSA) is 77.8 Å². The van der Waals surface area contributed by atoms with Gasteiger partial charge in [0.05, 0.1) is 12.2 Å². The number of hydrogen-bond donors (Lipinski definition) is 3. The van der Waals surface area contributed by atoms with E-state index in [4.69, 9.17) is 5.11 Å². The number of rotatable bonds is 4. The van der Waals surface area contributed by atoms with Crippen molar-refractivity contribution in [1.29, 1.82) is 0 Å². The lowest BCUT2D eigenvalue weighted by atomic mass is 9.95. The SMILES string of the molecule is O=C(O)c1ccc(C(O)c2ccc(F)cc2)c(CO)c1. The third-order valence-corrected chi connectivity index (χ3v) is 3.04. The van der Waals surface area contributed by atoms with Crippen LogP contribution in [0, 0.1) is 5.82 Å². The predicted molar refractivity (Wildman–Crippen MR) is 69.8 cm³/mol. The minimum atomic E-state index is -1.11. The van der Waals surface area contributed by atoms with Crippen LogP contribution in [0.2, 0.25) is 0 Å². The zero-order valence-corrected chi connectivity index (χ0v) is 10.5. The predicted octanol–water partition coefficient (Wildman–Crippen LogP) is 2.10. The van der Waals surface area contributed by atoms with Crippen molar-refractivity contribution in [3.05, 3.63) is 70.5 Å². The van der Waals surface area contributed by atoms with Gasteiger partial charge in [0.15, 0.2) is 0 Å². The molecule has 0 heterocycles. The Morgan fingerprint density at radius 3 is 2.35 bits per heavy atom. The average molecular weight is 276 g/mol. The fourth-order valence-electron chi connectivity index (χ4n) is 1.97. The third kappa shape index (κ3) is 2.84. The van der Waals surface area contributed by atoms with Gasteiger partial charge in [-0.25, -0.2) is 9.18 Å². The second kappa shape index (κ2) is 5.81. The van der Waals surface area contributed by atoms with Crippen LogP contribution in [0.3, 0.4) is 0 Å². The normalized spacial score (nSPS) is 12.2. The van der Waals surface area contributed by atoms with Gasteiger partial charge >= 0.3 is 5.97 Å². The molecule has 0 aliphatic heterocycles. The van der Waals surface area contributed by atoms with Crippen LogP contribution in [0.1, 0.15) is 33.2 Å². The van der Waals surface area contributed by atoms with Crippen molar-refractivity contribution in [2.75, 3.05) is 0 Å². The van der Waals surface area contributed by atoms with Crippen LogP contribution in [-0.4, -0.2) is 21.3 Å². The first-order valence-corrected chi connectivity index (χ1v) is 5.93. The molecule has 0 spiro atoms. The first kappa shape index (κ1) is 14.2. The van der Waals surface area contributed by atoms with Crippen molar-refractivity contribution in [3.63, 3.8) is 0 Å². The third-order valence-electron chi connectivity index (χ3n) is 3.04. The van der Waals surface area contributed by atoms with Gasteiger partial charge < -0.3 is 15.3 Å². The average Bonchev–Trinajstić information content (AvgIpc) is 2.46. The van der Waals surface area contributed by atoms with E-state index in [0.717, 1.165) is 0 Å². The highest BCUT2D eigenvalue weighted by Crippen LogP contribution is 2.26. The summed E-state index contributed by atoms with van der Waals surface area (Å²) in [5.41, 5.74) is 1.21. The van der Waals surface area contributed by atoms with Crippen molar-refractivity contribution >= 4 is 5.97 Å². The molecule has 0 aliphatic rings. The lowest BCUT2D eigenvalue weighted by Gasteiger charge is -2.15. The lowest BCUT2D eigenvalue weighted by molar-refractivity contribution is 0.0696. The minimum Gasteiger partial charge on any atom is -0.478 e. The Labute approximate surface area is 114 Å². The molecule has 0 aliphatic carbocycles. The number of carboxylic acids is 1. The first-order chi connectivity index (χ1) is 9.52. The van der Waals surface area contributed by atoms with E-state index in [0.29, 0.717) is 16.7 Å². The molecule has 0 bridgehead atoms. The van der Waals surface area contributed by atoms with Gasteiger partial charge in [-0.05, 0) is 41.0 Å². The van der Waals surface area contributed by atoms with Gasteiger partial charge in [0.1, 0.15) is 11.9 Å². The number of hydrogen-bond acceptors (Lipinski definition) is 3. The van der Waals surface area contributed by atoms with Crippen LogP contribution in [-0.2, 0) is 6.61 Å². The highest BCUT2D eigenvalue weighted by Gasteiger charge is 2.16. The van der Waals surface area contributed by atoms with Gasteiger partial charge in [-0.1, -0.05) is 18.2 Å². The summed E-state index contributed by atoms with van der Waals surface area (Å²) in [6.07, 6.45) is -1.06. The van der Waals surface area contributed by atoms with E-state index in [2.05, 4.69) is 0 Å². The van der Waals surface area contributed by atoms with E-state index in [1.165, 1.54) is 42.5 Å². The molecule has 0 saturated heterocycles. The van der Waals surface area contributed by atoms with E-state index in [-0.39, 0.29) is 5.56 Å². The van der Waals surface area contributed by atoms with Crippen molar-refractivity contribution in [2.24, 2.45) is 0 Å². The Balaban J connectivity index is 2.41. The summed E-state index contributed by atoms with van der Waals surface area (Å²) in [5.74, 6) is -1.52. The number of benzene rings is 2. The van der Waals surface area contributed by atoms with E-state index in [9.17, 15) is 19.4 Å². The van der Waals surface area contributed by atoms with Crippen LogP contribution < -0.4 is 0 Å². The standard InChI is InChI=1S/C15H13FO4/c16-12-4-1-9(2-5-12)14(18)13-6-3-10(15(19)20)7-11(13)8-17/h1-7,14,17-18H,8H2,(H,19,20). The van der Waals surface area contributed by atoms with Crippen LogP contribution in [0.25, 0.3) is 0 Å². The van der Waals surface area contributed by atoms with Crippen LogP contribution >= 0.6 is 0 Å². The summed E-state index contributed by atoms with van der Waals surface area (Å²) >= 11 is 0. The molecular weight excluding hydrogens is 263 g/mol. The van der Waals surface area contributed by atoms with Crippen LogP contribution in [0.5, 0.6) is 0 Å². The summed E-state index contributed by atoms with van der Waals surface area (Å²) in [6, 6.07) is 9.43. The van der Waals surface area contributed by atoms with Crippen molar-refractivity contribution in [3.8, 4) is 0 Å². The Kier molecular flexibility index (Phi) is 4.12. The fraction of sp³-hybridized carbons (Fsp3) is 0.133. The molecule has 5 heteroatoms. The van der Waals surface area contributed by atoms with Gasteiger partial charge in [0.2, 0.25) is 0 Å². The highest BCUT2D eigenvalue weighted by atomic mass is 19.1. The summed E-state index contributed by atoms with van der Waals surface area (Å²) in [4.78, 5) is 10.9. The smallest absolute Gasteiger partial charge is 0.335 e. The number of aliphatic hydroxyl groups is 2. The zero-order chi connectivity index (χ0) is 14.7. The summed E-state index contributed by atoms with van der Waals surface area (Å²) in [7, 11) is 0. The summed E-state index contributed by atoms with van der Waals surface area (Å²) in [6.45, 7) is -0.394. The van der Waals surface area contributed by atoms with Gasteiger partial charge in [0.25, 0.3) is 0 Å². The van der Waals surface area contributed by atoms with Crippen molar-refractivity contribution in [2.45, 2.75) is 12.7 Å². The maximum atomic E-state index is 12.9. The maximum absolute atomic E-state index is 12.9. The molecule has 20 heavy (non-hydrogen) atoms. The van der Waals surface area contributed by atoms with Gasteiger partial charge in [-0.15, -0.1) is 0 Å². The van der Waals surface area contributed by atoms with Crippen molar-refractivity contribution in [1.82, 2.24) is 0 Å². The monoisotopic (exact) mass is 276 g/mol. The first-order valence-electron chi connectivity index (χ1n) is 5.93.